The zero-order valence-electron chi connectivity index (χ0n) is 11.7. The molecule has 0 aliphatic heterocycles. The predicted molar refractivity (Wildman–Crippen MR) is 74.1 cm³/mol. The highest BCUT2D eigenvalue weighted by Crippen LogP contribution is 2.27. The number of hydrogen-bond acceptors (Lipinski definition) is 3. The summed E-state index contributed by atoms with van der Waals surface area (Å²) in [5.74, 6) is -0.117. The van der Waals surface area contributed by atoms with Gasteiger partial charge in [0.1, 0.15) is 5.69 Å². The zero-order valence-corrected chi connectivity index (χ0v) is 11.7. The van der Waals surface area contributed by atoms with Crippen LogP contribution in [0.25, 0.3) is 0 Å². The van der Waals surface area contributed by atoms with Gasteiger partial charge in [-0.05, 0) is 50.8 Å². The van der Waals surface area contributed by atoms with Gasteiger partial charge in [0.25, 0.3) is 0 Å². The Kier molecular flexibility index (Phi) is 4.53. The van der Waals surface area contributed by atoms with Crippen LogP contribution in [0.1, 0.15) is 48.8 Å². The van der Waals surface area contributed by atoms with Crippen molar-refractivity contribution in [2.75, 3.05) is 7.05 Å². The molecule has 4 heteroatoms. The number of carboxylic acid groups (broad SMARTS) is 1. The molecule has 1 aliphatic rings. The first-order chi connectivity index (χ1) is 9.06. The third-order valence-corrected chi connectivity index (χ3v) is 4.05. The van der Waals surface area contributed by atoms with Crippen molar-refractivity contribution in [1.29, 1.82) is 0 Å². The molecule has 19 heavy (non-hydrogen) atoms. The molecule has 1 aromatic heterocycles. The number of nitrogens with zero attached hydrogens (tertiary/aromatic N) is 2. The number of carboxylic acids is 1. The Balaban J connectivity index is 1.96. The number of carbonyl (C=O) groups is 1. The summed E-state index contributed by atoms with van der Waals surface area (Å²) in [4.78, 5) is 17.4. The maximum absolute atomic E-state index is 10.9. The van der Waals surface area contributed by atoms with Crippen molar-refractivity contribution in [1.82, 2.24) is 9.88 Å². The van der Waals surface area contributed by atoms with E-state index < -0.39 is 5.97 Å². The second kappa shape index (κ2) is 6.15. The summed E-state index contributed by atoms with van der Waals surface area (Å²) >= 11 is 0. The highest BCUT2D eigenvalue weighted by Gasteiger charge is 2.22. The Morgan fingerprint density at radius 3 is 2.68 bits per heavy atom. The molecule has 0 unspecified atom stereocenters. The molecule has 104 valence electrons. The summed E-state index contributed by atoms with van der Waals surface area (Å²) in [5, 5.41) is 8.95. The summed E-state index contributed by atoms with van der Waals surface area (Å²) in [7, 11) is 2.11. The van der Waals surface area contributed by atoms with Gasteiger partial charge < -0.3 is 5.11 Å². The lowest BCUT2D eigenvalue weighted by Crippen LogP contribution is -2.34. The van der Waals surface area contributed by atoms with Crippen molar-refractivity contribution in [3.8, 4) is 0 Å². The molecule has 1 heterocycles. The number of aromatic carboxylic acids is 1. The van der Waals surface area contributed by atoms with E-state index in [1.54, 1.807) is 6.07 Å². The van der Waals surface area contributed by atoms with E-state index in [0.29, 0.717) is 6.04 Å². The van der Waals surface area contributed by atoms with Crippen molar-refractivity contribution >= 4 is 5.97 Å². The molecule has 0 aromatic carbocycles. The van der Waals surface area contributed by atoms with Crippen LogP contribution in [0.5, 0.6) is 0 Å². The van der Waals surface area contributed by atoms with Gasteiger partial charge in [-0.1, -0.05) is 13.0 Å². The first kappa shape index (κ1) is 14.0. The Morgan fingerprint density at radius 1 is 1.37 bits per heavy atom. The van der Waals surface area contributed by atoms with Crippen LogP contribution in [0.3, 0.4) is 0 Å². The first-order valence-electron chi connectivity index (χ1n) is 6.95. The molecule has 0 saturated heterocycles. The van der Waals surface area contributed by atoms with Gasteiger partial charge in [-0.25, -0.2) is 9.78 Å². The third-order valence-electron chi connectivity index (χ3n) is 4.05. The highest BCUT2D eigenvalue weighted by molar-refractivity contribution is 5.85. The monoisotopic (exact) mass is 262 g/mol. The normalized spacial score (nSPS) is 23.5. The van der Waals surface area contributed by atoms with Gasteiger partial charge in [0.15, 0.2) is 0 Å². The highest BCUT2D eigenvalue weighted by atomic mass is 16.4. The molecule has 1 fully saturated rings. The molecular formula is C15H22N2O2. The second-order valence-corrected chi connectivity index (χ2v) is 5.65. The number of rotatable bonds is 4. The van der Waals surface area contributed by atoms with E-state index in [9.17, 15) is 4.79 Å². The van der Waals surface area contributed by atoms with Gasteiger partial charge in [-0.2, -0.15) is 0 Å². The molecule has 1 saturated carbocycles. The van der Waals surface area contributed by atoms with E-state index in [0.717, 1.165) is 18.2 Å². The third kappa shape index (κ3) is 3.77. The minimum absolute atomic E-state index is 0.128. The van der Waals surface area contributed by atoms with Crippen LogP contribution in [0.4, 0.5) is 0 Å². The number of hydrogen-bond donors (Lipinski definition) is 1. The van der Waals surface area contributed by atoms with E-state index in [1.165, 1.54) is 31.7 Å². The smallest absolute Gasteiger partial charge is 0.354 e. The first-order valence-corrected chi connectivity index (χ1v) is 6.95. The lowest BCUT2D eigenvalue weighted by atomic mass is 9.87. The quantitative estimate of drug-likeness (QED) is 0.906. The maximum atomic E-state index is 10.9. The topological polar surface area (TPSA) is 53.4 Å². The minimum Gasteiger partial charge on any atom is -0.477 e. The fourth-order valence-electron chi connectivity index (χ4n) is 2.75. The summed E-state index contributed by atoms with van der Waals surface area (Å²) in [6.07, 6.45) is 5.04. The molecule has 0 radical (unpaired) electrons. The van der Waals surface area contributed by atoms with Crippen LogP contribution < -0.4 is 0 Å². The average molecular weight is 262 g/mol. The van der Waals surface area contributed by atoms with Crippen LogP contribution in [0, 0.1) is 5.92 Å². The summed E-state index contributed by atoms with van der Waals surface area (Å²) in [6, 6.07) is 5.80. The van der Waals surface area contributed by atoms with Gasteiger partial charge >= 0.3 is 5.97 Å². The second-order valence-electron chi connectivity index (χ2n) is 5.65. The van der Waals surface area contributed by atoms with Crippen LogP contribution in [0.15, 0.2) is 18.2 Å². The van der Waals surface area contributed by atoms with E-state index >= 15 is 0 Å². The Labute approximate surface area is 114 Å². The standard InChI is InChI=1S/C15H22N2O2/c1-11-6-8-13(9-7-11)17(2)10-12-4-3-5-14(16-12)15(18)19/h3-5,11,13H,6-10H2,1-2H3,(H,18,19). The molecule has 4 nitrogen and oxygen atoms in total. The number of pyridine rings is 1. The van der Waals surface area contributed by atoms with Crippen molar-refractivity contribution in [2.45, 2.75) is 45.2 Å². The van der Waals surface area contributed by atoms with E-state index in [1.807, 2.05) is 6.07 Å². The van der Waals surface area contributed by atoms with Gasteiger partial charge in [-0.3, -0.25) is 4.90 Å². The van der Waals surface area contributed by atoms with E-state index in [4.69, 9.17) is 5.11 Å². The summed E-state index contributed by atoms with van der Waals surface area (Å²) in [6.45, 7) is 3.04. The van der Waals surface area contributed by atoms with Crippen LogP contribution in [-0.2, 0) is 6.54 Å². The fourth-order valence-corrected chi connectivity index (χ4v) is 2.75. The summed E-state index contributed by atoms with van der Waals surface area (Å²) in [5.41, 5.74) is 0.962. The van der Waals surface area contributed by atoms with Gasteiger partial charge in [0.05, 0.1) is 5.69 Å². The van der Waals surface area contributed by atoms with Gasteiger partial charge in [-0.15, -0.1) is 0 Å². The SMILES string of the molecule is CC1CCC(N(C)Cc2cccc(C(=O)O)n2)CC1. The minimum atomic E-state index is -0.962. The lowest BCUT2D eigenvalue weighted by molar-refractivity contribution is 0.0689. The molecule has 0 bridgehead atoms. The Morgan fingerprint density at radius 2 is 2.05 bits per heavy atom. The average Bonchev–Trinajstić information content (AvgIpc) is 2.39. The molecule has 0 amide bonds. The molecule has 1 aliphatic carbocycles. The van der Waals surface area contributed by atoms with Crippen molar-refractivity contribution in [2.24, 2.45) is 5.92 Å². The van der Waals surface area contributed by atoms with Gasteiger partial charge in [0, 0.05) is 12.6 Å². The van der Waals surface area contributed by atoms with Crippen molar-refractivity contribution < 1.29 is 9.90 Å². The summed E-state index contributed by atoms with van der Waals surface area (Å²) < 4.78 is 0. The maximum Gasteiger partial charge on any atom is 0.354 e. The molecule has 0 spiro atoms. The van der Waals surface area contributed by atoms with E-state index in [2.05, 4.69) is 23.9 Å². The Hall–Kier alpha value is -1.42. The lowest BCUT2D eigenvalue weighted by Gasteiger charge is -2.33. The molecule has 1 N–H and O–H groups in total. The van der Waals surface area contributed by atoms with Crippen LogP contribution in [-0.4, -0.2) is 34.0 Å². The molecular weight excluding hydrogens is 240 g/mol. The zero-order chi connectivity index (χ0) is 13.8. The number of aromatic nitrogens is 1. The van der Waals surface area contributed by atoms with E-state index in [-0.39, 0.29) is 5.69 Å². The van der Waals surface area contributed by atoms with Crippen molar-refractivity contribution in [3.63, 3.8) is 0 Å². The largest absolute Gasteiger partial charge is 0.477 e. The molecule has 1 aromatic rings. The van der Waals surface area contributed by atoms with Crippen LogP contribution >= 0.6 is 0 Å². The van der Waals surface area contributed by atoms with Gasteiger partial charge in [0.2, 0.25) is 0 Å². The van der Waals surface area contributed by atoms with Crippen molar-refractivity contribution in [3.05, 3.63) is 29.6 Å². The Bertz CT molecular complexity index is 440. The molecule has 2 rings (SSSR count). The fraction of sp³-hybridized carbons (Fsp3) is 0.600. The predicted octanol–water partition coefficient (Wildman–Crippen LogP) is 2.79. The van der Waals surface area contributed by atoms with Crippen LogP contribution in [0.2, 0.25) is 0 Å². The molecule has 0 atom stereocenters.